The van der Waals surface area contributed by atoms with Gasteiger partial charge in [0.2, 0.25) is 0 Å². The molecule has 0 radical (unpaired) electrons. The lowest BCUT2D eigenvalue weighted by molar-refractivity contribution is 0.480. The van der Waals surface area contributed by atoms with Crippen LogP contribution in [-0.2, 0) is 0 Å². The number of hydrogen-bond acceptors (Lipinski definition) is 3. The Morgan fingerprint density at radius 1 is 1.24 bits per heavy atom. The molecule has 0 saturated carbocycles. The van der Waals surface area contributed by atoms with Crippen LogP contribution in [0.15, 0.2) is 42.7 Å². The van der Waals surface area contributed by atoms with Crippen LogP contribution < -0.4 is 0 Å². The lowest BCUT2D eigenvalue weighted by Gasteiger charge is -2.08. The number of para-hydroxylation sites is 1. The van der Waals surface area contributed by atoms with Crippen LogP contribution >= 0.6 is 0 Å². The quantitative estimate of drug-likeness (QED) is 0.692. The fourth-order valence-corrected chi connectivity index (χ4v) is 1.91. The minimum absolute atomic E-state index is 0.206. The zero-order valence-electron chi connectivity index (χ0n) is 9.33. The molecule has 4 nitrogen and oxygen atoms in total. The number of nitrogens with zero attached hydrogens (tertiary/aromatic N) is 3. The second kappa shape index (κ2) is 3.59. The number of aromatic nitrogens is 3. The van der Waals surface area contributed by atoms with E-state index in [1.807, 2.05) is 37.4 Å². The molecule has 2 heterocycles. The van der Waals surface area contributed by atoms with Gasteiger partial charge in [0.15, 0.2) is 0 Å². The van der Waals surface area contributed by atoms with Crippen molar-refractivity contribution in [3.63, 3.8) is 0 Å². The summed E-state index contributed by atoms with van der Waals surface area (Å²) in [5, 5.41) is 14.8. The van der Waals surface area contributed by atoms with Crippen molar-refractivity contribution in [3.8, 4) is 11.4 Å². The molecule has 1 N–H and O–H groups in total. The summed E-state index contributed by atoms with van der Waals surface area (Å²) in [7, 11) is 0. The fraction of sp³-hybridized carbons (Fsp3) is 0.0769. The normalized spacial score (nSPS) is 10.9. The summed E-state index contributed by atoms with van der Waals surface area (Å²) in [5.41, 5.74) is 2.39. The number of fused-ring (bicyclic) bond motifs is 1. The van der Waals surface area contributed by atoms with E-state index in [-0.39, 0.29) is 5.75 Å². The molecule has 17 heavy (non-hydrogen) atoms. The molecule has 0 unspecified atom stereocenters. The molecule has 0 aliphatic rings. The first kappa shape index (κ1) is 9.84. The second-order valence-electron chi connectivity index (χ2n) is 3.89. The molecule has 1 aromatic carbocycles. The van der Waals surface area contributed by atoms with Crippen molar-refractivity contribution >= 4 is 10.9 Å². The van der Waals surface area contributed by atoms with E-state index >= 15 is 0 Å². The highest BCUT2D eigenvalue weighted by Crippen LogP contribution is 2.25. The SMILES string of the molecule is Cc1nc2c(O)cccc2cc1-n1cccn1. The van der Waals surface area contributed by atoms with Gasteiger partial charge in [-0.1, -0.05) is 12.1 Å². The highest BCUT2D eigenvalue weighted by atomic mass is 16.3. The molecule has 2 aromatic heterocycles. The van der Waals surface area contributed by atoms with Gasteiger partial charge < -0.3 is 5.11 Å². The molecule has 3 rings (SSSR count). The minimum atomic E-state index is 0.206. The van der Waals surface area contributed by atoms with E-state index < -0.39 is 0 Å². The third kappa shape index (κ3) is 1.54. The zero-order chi connectivity index (χ0) is 11.8. The number of aryl methyl sites for hydroxylation is 1. The molecular weight excluding hydrogens is 214 g/mol. The Kier molecular flexibility index (Phi) is 2.08. The number of hydrogen-bond donors (Lipinski definition) is 1. The molecule has 84 valence electrons. The van der Waals surface area contributed by atoms with E-state index in [4.69, 9.17) is 0 Å². The van der Waals surface area contributed by atoms with Crippen molar-refractivity contribution < 1.29 is 5.11 Å². The Morgan fingerprint density at radius 3 is 2.88 bits per heavy atom. The summed E-state index contributed by atoms with van der Waals surface area (Å²) in [6.07, 6.45) is 3.60. The van der Waals surface area contributed by atoms with Crippen LogP contribution in [0.4, 0.5) is 0 Å². The van der Waals surface area contributed by atoms with E-state index in [0.29, 0.717) is 5.52 Å². The summed E-state index contributed by atoms with van der Waals surface area (Å²) in [5.74, 6) is 0.206. The molecule has 0 atom stereocenters. The topological polar surface area (TPSA) is 50.9 Å². The van der Waals surface area contributed by atoms with E-state index in [1.54, 1.807) is 16.9 Å². The monoisotopic (exact) mass is 225 g/mol. The van der Waals surface area contributed by atoms with E-state index in [0.717, 1.165) is 16.8 Å². The van der Waals surface area contributed by atoms with Crippen LogP contribution in [0.1, 0.15) is 5.69 Å². The summed E-state index contributed by atoms with van der Waals surface area (Å²) in [4.78, 5) is 4.42. The van der Waals surface area contributed by atoms with E-state index in [9.17, 15) is 5.11 Å². The van der Waals surface area contributed by atoms with Gasteiger partial charge in [0.1, 0.15) is 11.3 Å². The summed E-state index contributed by atoms with van der Waals surface area (Å²) in [6.45, 7) is 1.91. The standard InChI is InChI=1S/C13H11N3O/c1-9-11(16-7-3-6-14-16)8-10-4-2-5-12(17)13(10)15-9/h2-8,17H,1H3. The molecule has 0 aliphatic carbocycles. The first-order chi connectivity index (χ1) is 8.25. The molecular formula is C13H11N3O. The van der Waals surface area contributed by atoms with Gasteiger partial charge in [0.05, 0.1) is 11.4 Å². The summed E-state index contributed by atoms with van der Waals surface area (Å²) < 4.78 is 1.77. The summed E-state index contributed by atoms with van der Waals surface area (Å²) in [6, 6.07) is 9.22. The predicted octanol–water partition coefficient (Wildman–Crippen LogP) is 2.43. The van der Waals surface area contributed by atoms with Gasteiger partial charge in [-0.05, 0) is 25.1 Å². The largest absolute Gasteiger partial charge is 0.506 e. The molecule has 0 saturated heterocycles. The van der Waals surface area contributed by atoms with E-state index in [2.05, 4.69) is 10.1 Å². The van der Waals surface area contributed by atoms with Gasteiger partial charge in [0.25, 0.3) is 0 Å². The molecule has 0 amide bonds. The van der Waals surface area contributed by atoms with Gasteiger partial charge in [0, 0.05) is 17.8 Å². The first-order valence-corrected chi connectivity index (χ1v) is 5.35. The number of phenolic OH excluding ortho intramolecular Hbond substituents is 1. The number of rotatable bonds is 1. The predicted molar refractivity (Wildman–Crippen MR) is 65.3 cm³/mol. The third-order valence-electron chi connectivity index (χ3n) is 2.74. The summed E-state index contributed by atoms with van der Waals surface area (Å²) >= 11 is 0. The minimum Gasteiger partial charge on any atom is -0.506 e. The van der Waals surface area contributed by atoms with Crippen LogP contribution in [0.5, 0.6) is 5.75 Å². The average Bonchev–Trinajstić information content (AvgIpc) is 2.83. The molecule has 0 bridgehead atoms. The van der Waals surface area contributed by atoms with Crippen LogP contribution in [0.3, 0.4) is 0 Å². The molecule has 0 aliphatic heterocycles. The zero-order valence-corrected chi connectivity index (χ0v) is 9.33. The first-order valence-electron chi connectivity index (χ1n) is 5.35. The second-order valence-corrected chi connectivity index (χ2v) is 3.89. The lowest BCUT2D eigenvalue weighted by atomic mass is 10.1. The van der Waals surface area contributed by atoms with Crippen LogP contribution in [0, 0.1) is 6.92 Å². The van der Waals surface area contributed by atoms with Gasteiger partial charge in [-0.15, -0.1) is 0 Å². The molecule has 4 heteroatoms. The maximum atomic E-state index is 9.73. The highest BCUT2D eigenvalue weighted by Gasteiger charge is 2.07. The van der Waals surface area contributed by atoms with E-state index in [1.165, 1.54) is 0 Å². The van der Waals surface area contributed by atoms with Gasteiger partial charge >= 0.3 is 0 Å². The maximum absolute atomic E-state index is 9.73. The van der Waals surface area contributed by atoms with Gasteiger partial charge in [-0.3, -0.25) is 0 Å². The van der Waals surface area contributed by atoms with Crippen molar-refractivity contribution in [2.75, 3.05) is 0 Å². The van der Waals surface area contributed by atoms with Crippen molar-refractivity contribution in [2.24, 2.45) is 0 Å². The number of phenols is 1. The maximum Gasteiger partial charge on any atom is 0.141 e. The fourth-order valence-electron chi connectivity index (χ4n) is 1.91. The highest BCUT2D eigenvalue weighted by molar-refractivity contribution is 5.86. The Hall–Kier alpha value is -2.36. The van der Waals surface area contributed by atoms with Gasteiger partial charge in [-0.2, -0.15) is 5.10 Å². The number of benzene rings is 1. The Labute approximate surface area is 98.2 Å². The lowest BCUT2D eigenvalue weighted by Crippen LogP contribution is -1.99. The Bertz CT molecular complexity index is 674. The molecule has 3 aromatic rings. The number of pyridine rings is 1. The van der Waals surface area contributed by atoms with Crippen molar-refractivity contribution in [2.45, 2.75) is 6.92 Å². The average molecular weight is 225 g/mol. The smallest absolute Gasteiger partial charge is 0.141 e. The van der Waals surface area contributed by atoms with Crippen LogP contribution in [0.2, 0.25) is 0 Å². The van der Waals surface area contributed by atoms with Gasteiger partial charge in [-0.25, -0.2) is 9.67 Å². The Balaban J connectivity index is 2.32. The number of aromatic hydroxyl groups is 1. The Morgan fingerprint density at radius 2 is 2.12 bits per heavy atom. The van der Waals surface area contributed by atoms with Crippen LogP contribution in [0.25, 0.3) is 16.6 Å². The van der Waals surface area contributed by atoms with Crippen molar-refractivity contribution in [3.05, 3.63) is 48.4 Å². The molecule has 0 spiro atoms. The van der Waals surface area contributed by atoms with Crippen LogP contribution in [-0.4, -0.2) is 19.9 Å². The van der Waals surface area contributed by atoms with Crippen molar-refractivity contribution in [1.82, 2.24) is 14.8 Å². The third-order valence-corrected chi connectivity index (χ3v) is 2.74. The van der Waals surface area contributed by atoms with Crippen molar-refractivity contribution in [1.29, 1.82) is 0 Å². The molecule has 0 fully saturated rings.